The number of nitrogens with one attached hydrogen (secondary N) is 1. The maximum Gasteiger partial charge on any atom is 0.417 e. The zero-order chi connectivity index (χ0) is 20.9. The number of amides is 1. The molecule has 0 radical (unpaired) electrons. The molecule has 4 nitrogen and oxygen atoms in total. The number of thioether (sulfide) groups is 1. The average Bonchev–Trinajstić information content (AvgIpc) is 2.58. The van der Waals surface area contributed by atoms with Gasteiger partial charge in [0.2, 0.25) is 5.91 Å². The monoisotopic (exact) mass is 407 g/mol. The normalized spacial score (nSPS) is 11.8. The molecular weight excluding hydrogens is 387 g/mol. The third kappa shape index (κ3) is 6.27. The molecule has 1 heterocycles. The van der Waals surface area contributed by atoms with Crippen LogP contribution < -0.4 is 5.32 Å². The van der Waals surface area contributed by atoms with Gasteiger partial charge in [0.15, 0.2) is 0 Å². The van der Waals surface area contributed by atoms with Gasteiger partial charge >= 0.3 is 6.18 Å². The first-order valence-electron chi connectivity index (χ1n) is 8.48. The number of hydrogen-bond acceptors (Lipinski definition) is 4. The maximum absolute atomic E-state index is 13.5. The second kappa shape index (κ2) is 8.65. The molecule has 1 aromatic carbocycles. The topological polar surface area (TPSA) is 65.8 Å². The van der Waals surface area contributed by atoms with Crippen molar-refractivity contribution in [2.45, 2.75) is 43.9 Å². The summed E-state index contributed by atoms with van der Waals surface area (Å²) in [5.41, 5.74) is -1.06. The molecule has 0 unspecified atom stereocenters. The zero-order valence-corrected chi connectivity index (χ0v) is 16.5. The minimum absolute atomic E-state index is 0.0904. The summed E-state index contributed by atoms with van der Waals surface area (Å²) in [6, 6.07) is 11.5. The lowest BCUT2D eigenvalue weighted by atomic mass is 10.0. The van der Waals surface area contributed by atoms with Gasteiger partial charge in [0.1, 0.15) is 11.1 Å². The first kappa shape index (κ1) is 21.8. The lowest BCUT2D eigenvalue weighted by Gasteiger charge is -2.20. The predicted octanol–water partition coefficient (Wildman–Crippen LogP) is 4.57. The first-order chi connectivity index (χ1) is 13.0. The van der Waals surface area contributed by atoms with E-state index in [1.54, 1.807) is 51.1 Å². The number of pyridine rings is 1. The van der Waals surface area contributed by atoms with Gasteiger partial charge in [0.25, 0.3) is 0 Å². The molecule has 28 heavy (non-hydrogen) atoms. The van der Waals surface area contributed by atoms with E-state index in [-0.39, 0.29) is 28.8 Å². The van der Waals surface area contributed by atoms with Crippen molar-refractivity contribution in [3.63, 3.8) is 0 Å². The lowest BCUT2D eigenvalue weighted by molar-refractivity contribution is -0.138. The lowest BCUT2D eigenvalue weighted by Crippen LogP contribution is -2.41. The van der Waals surface area contributed by atoms with Crippen molar-refractivity contribution < 1.29 is 18.0 Å². The van der Waals surface area contributed by atoms with Crippen LogP contribution in [0.2, 0.25) is 0 Å². The molecule has 1 amide bonds. The summed E-state index contributed by atoms with van der Waals surface area (Å²) in [5, 5.41) is 11.9. The summed E-state index contributed by atoms with van der Waals surface area (Å²) in [7, 11) is 0. The Kier molecular flexibility index (Phi) is 6.73. The molecule has 0 saturated heterocycles. The second-order valence-electron chi connectivity index (χ2n) is 7.20. The fourth-order valence-corrected chi connectivity index (χ4v) is 3.31. The van der Waals surface area contributed by atoms with Gasteiger partial charge in [-0.3, -0.25) is 4.79 Å². The summed E-state index contributed by atoms with van der Waals surface area (Å²) in [6.07, 6.45) is -4.50. The number of halogens is 3. The quantitative estimate of drug-likeness (QED) is 0.738. The number of hydrogen-bond donors (Lipinski definition) is 1. The standard InChI is InChI=1S/C20H20F3N3OS/c1-19(2,3)26-17(27)12-28-18-15(11-24)16(20(21,22)23)10-14(25-18)9-13-7-5-4-6-8-13/h4-8,10H,9,12H2,1-3H3,(H,26,27). The van der Waals surface area contributed by atoms with Crippen LogP contribution in [0.3, 0.4) is 0 Å². The number of carbonyl (C=O) groups excluding carboxylic acids is 1. The summed E-state index contributed by atoms with van der Waals surface area (Å²) in [6.45, 7) is 5.41. The SMILES string of the molecule is CC(C)(C)NC(=O)CSc1nc(Cc2ccccc2)cc(C(F)(F)F)c1C#N. The summed E-state index contributed by atoms with van der Waals surface area (Å²) < 4.78 is 40.5. The van der Waals surface area contributed by atoms with E-state index < -0.39 is 22.8 Å². The van der Waals surface area contributed by atoms with Gasteiger partial charge in [-0.25, -0.2) is 4.98 Å². The van der Waals surface area contributed by atoms with E-state index in [0.29, 0.717) is 0 Å². The molecule has 0 spiro atoms. The molecule has 0 fully saturated rings. The van der Waals surface area contributed by atoms with Gasteiger partial charge in [0.05, 0.1) is 16.9 Å². The largest absolute Gasteiger partial charge is 0.417 e. The van der Waals surface area contributed by atoms with E-state index in [9.17, 15) is 23.2 Å². The van der Waals surface area contributed by atoms with Crippen molar-refractivity contribution in [3.8, 4) is 6.07 Å². The highest BCUT2D eigenvalue weighted by Gasteiger charge is 2.36. The molecule has 1 aromatic heterocycles. The van der Waals surface area contributed by atoms with Crippen LogP contribution in [0.25, 0.3) is 0 Å². The molecule has 0 saturated carbocycles. The Bertz CT molecular complexity index is 885. The van der Waals surface area contributed by atoms with Crippen molar-refractivity contribution in [1.82, 2.24) is 10.3 Å². The summed E-state index contributed by atoms with van der Waals surface area (Å²) in [4.78, 5) is 16.3. The van der Waals surface area contributed by atoms with E-state index in [0.717, 1.165) is 23.4 Å². The number of aromatic nitrogens is 1. The molecule has 0 bridgehead atoms. The zero-order valence-electron chi connectivity index (χ0n) is 15.7. The first-order valence-corrected chi connectivity index (χ1v) is 9.47. The van der Waals surface area contributed by atoms with Crippen molar-refractivity contribution in [2.24, 2.45) is 0 Å². The molecular formula is C20H20F3N3OS. The Balaban J connectivity index is 2.37. The molecule has 0 atom stereocenters. The molecule has 2 rings (SSSR count). The third-order valence-corrected chi connectivity index (χ3v) is 4.51. The number of alkyl halides is 3. The summed E-state index contributed by atoms with van der Waals surface area (Å²) >= 11 is 0.830. The van der Waals surface area contributed by atoms with E-state index in [1.807, 2.05) is 6.07 Å². The number of nitrogens with zero attached hydrogens (tertiary/aromatic N) is 2. The molecule has 148 valence electrons. The van der Waals surface area contributed by atoms with Crippen LogP contribution in [-0.2, 0) is 17.4 Å². The van der Waals surface area contributed by atoms with Crippen LogP contribution in [0, 0.1) is 11.3 Å². The van der Waals surface area contributed by atoms with Gasteiger partial charge in [-0.05, 0) is 32.4 Å². The number of benzene rings is 1. The van der Waals surface area contributed by atoms with Crippen LogP contribution in [0.5, 0.6) is 0 Å². The molecule has 8 heteroatoms. The van der Waals surface area contributed by atoms with E-state index in [2.05, 4.69) is 10.3 Å². The molecule has 0 aliphatic carbocycles. The minimum Gasteiger partial charge on any atom is -0.351 e. The second-order valence-corrected chi connectivity index (χ2v) is 8.16. The Hall–Kier alpha value is -2.53. The molecule has 1 N–H and O–H groups in total. The van der Waals surface area contributed by atoms with Gasteiger partial charge < -0.3 is 5.32 Å². The Morgan fingerprint density at radius 3 is 2.39 bits per heavy atom. The summed E-state index contributed by atoms with van der Waals surface area (Å²) in [5.74, 6) is -0.476. The van der Waals surface area contributed by atoms with Crippen LogP contribution in [0.15, 0.2) is 41.4 Å². The Labute approximate surface area is 166 Å². The van der Waals surface area contributed by atoms with Gasteiger partial charge in [-0.15, -0.1) is 0 Å². The maximum atomic E-state index is 13.5. The van der Waals surface area contributed by atoms with E-state index in [1.165, 1.54) is 0 Å². The van der Waals surface area contributed by atoms with Crippen LogP contribution in [0.4, 0.5) is 13.2 Å². The van der Waals surface area contributed by atoms with E-state index >= 15 is 0 Å². The van der Waals surface area contributed by atoms with E-state index in [4.69, 9.17) is 0 Å². The highest BCUT2D eigenvalue weighted by molar-refractivity contribution is 8.00. The fourth-order valence-electron chi connectivity index (χ4n) is 2.49. The molecule has 0 aliphatic heterocycles. The van der Waals surface area contributed by atoms with Crippen molar-refractivity contribution in [1.29, 1.82) is 5.26 Å². The fraction of sp³-hybridized carbons (Fsp3) is 0.350. The Morgan fingerprint density at radius 2 is 1.86 bits per heavy atom. The van der Waals surface area contributed by atoms with Gasteiger partial charge in [0, 0.05) is 17.7 Å². The van der Waals surface area contributed by atoms with Crippen LogP contribution in [-0.4, -0.2) is 22.2 Å². The molecule has 2 aromatic rings. The molecule has 0 aliphatic rings. The van der Waals surface area contributed by atoms with Gasteiger partial charge in [-0.2, -0.15) is 18.4 Å². The van der Waals surface area contributed by atoms with Crippen molar-refractivity contribution in [3.05, 3.63) is 58.8 Å². The predicted molar refractivity (Wildman–Crippen MR) is 102 cm³/mol. The smallest absolute Gasteiger partial charge is 0.351 e. The highest BCUT2D eigenvalue weighted by Crippen LogP contribution is 2.36. The van der Waals surface area contributed by atoms with Crippen molar-refractivity contribution >= 4 is 17.7 Å². The Morgan fingerprint density at radius 1 is 1.21 bits per heavy atom. The highest BCUT2D eigenvalue weighted by atomic mass is 32.2. The van der Waals surface area contributed by atoms with Crippen molar-refractivity contribution in [2.75, 3.05) is 5.75 Å². The number of nitriles is 1. The third-order valence-electron chi connectivity index (χ3n) is 3.54. The average molecular weight is 407 g/mol. The van der Waals surface area contributed by atoms with Gasteiger partial charge in [-0.1, -0.05) is 42.1 Å². The number of carbonyl (C=O) groups is 1. The van der Waals surface area contributed by atoms with Crippen LogP contribution in [0.1, 0.15) is 43.2 Å². The number of rotatable bonds is 5. The van der Waals surface area contributed by atoms with Crippen LogP contribution >= 0.6 is 11.8 Å². The minimum atomic E-state index is -4.69.